The Morgan fingerprint density at radius 2 is 2.22 bits per heavy atom. The van der Waals surface area contributed by atoms with Gasteiger partial charge >= 0.3 is 6.09 Å². The maximum atomic E-state index is 12.9. The molecular weight excluding hydrogens is 430 g/mol. The summed E-state index contributed by atoms with van der Waals surface area (Å²) in [5.74, 6) is 0.226. The Kier molecular flexibility index (Phi) is 5.89. The fourth-order valence-electron chi connectivity index (χ4n) is 2.35. The van der Waals surface area contributed by atoms with Crippen molar-refractivity contribution in [2.75, 3.05) is 5.32 Å². The Morgan fingerprint density at radius 1 is 1.44 bits per heavy atom. The van der Waals surface area contributed by atoms with Crippen molar-refractivity contribution in [1.29, 1.82) is 0 Å². The van der Waals surface area contributed by atoms with Crippen LogP contribution in [-0.4, -0.2) is 23.5 Å². The molecule has 1 N–H and O–H groups in total. The van der Waals surface area contributed by atoms with Crippen molar-refractivity contribution < 1.29 is 17.9 Å². The highest BCUT2D eigenvalue weighted by Crippen LogP contribution is 2.28. The lowest BCUT2D eigenvalue weighted by Crippen LogP contribution is -2.20. The number of thiazole rings is 1. The molecule has 7 nitrogen and oxygen atoms in total. The zero-order chi connectivity index (χ0) is 19.6. The minimum atomic E-state index is -3.86. The molecule has 27 heavy (non-hydrogen) atoms. The zero-order valence-electron chi connectivity index (χ0n) is 14.4. The first-order valence-corrected chi connectivity index (χ1v) is 11.4. The topological polar surface area (TPSA) is 90.3 Å². The van der Waals surface area contributed by atoms with E-state index >= 15 is 0 Å². The van der Waals surface area contributed by atoms with Crippen LogP contribution in [0.3, 0.4) is 0 Å². The molecule has 0 fully saturated rings. The number of amides is 1. The first-order chi connectivity index (χ1) is 12.8. The van der Waals surface area contributed by atoms with E-state index in [0.717, 1.165) is 32.2 Å². The Morgan fingerprint density at radius 3 is 2.81 bits per heavy atom. The number of hydrogen-bond donors (Lipinski definition) is 1. The molecular formula is C16H16ClN3O4S3. The van der Waals surface area contributed by atoms with Crippen LogP contribution < -0.4 is 10.1 Å². The van der Waals surface area contributed by atoms with E-state index < -0.39 is 16.1 Å². The summed E-state index contributed by atoms with van der Waals surface area (Å²) in [6.45, 7) is 4.04. The summed E-state index contributed by atoms with van der Waals surface area (Å²) in [4.78, 5) is 16.1. The monoisotopic (exact) mass is 445 g/mol. The summed E-state index contributed by atoms with van der Waals surface area (Å²) in [6.07, 6.45) is 2.68. The average molecular weight is 446 g/mol. The van der Waals surface area contributed by atoms with E-state index in [1.54, 1.807) is 17.5 Å². The van der Waals surface area contributed by atoms with E-state index in [0.29, 0.717) is 16.7 Å². The number of nitrogens with one attached hydrogen (secondary N) is 1. The predicted molar refractivity (Wildman–Crippen MR) is 107 cm³/mol. The predicted octanol–water partition coefficient (Wildman–Crippen LogP) is 4.71. The van der Waals surface area contributed by atoms with Crippen molar-refractivity contribution in [3.05, 3.63) is 45.9 Å². The van der Waals surface area contributed by atoms with Gasteiger partial charge in [0.25, 0.3) is 10.0 Å². The van der Waals surface area contributed by atoms with Crippen LogP contribution in [0.25, 0.3) is 0 Å². The first kappa shape index (κ1) is 19.9. The summed E-state index contributed by atoms with van der Waals surface area (Å²) in [6, 6.07) is 4.71. The van der Waals surface area contributed by atoms with E-state index in [1.165, 1.54) is 18.5 Å². The summed E-state index contributed by atoms with van der Waals surface area (Å²) >= 11 is 7.94. The van der Waals surface area contributed by atoms with Gasteiger partial charge in [0.05, 0.1) is 6.20 Å². The third-order valence-corrected chi connectivity index (χ3v) is 7.41. The molecule has 0 aliphatic carbocycles. The number of thiophene rings is 1. The van der Waals surface area contributed by atoms with Gasteiger partial charge in [-0.15, -0.1) is 11.3 Å². The third-order valence-electron chi connectivity index (χ3n) is 3.35. The number of rotatable bonds is 6. The third kappa shape index (κ3) is 4.70. The second-order valence-corrected chi connectivity index (χ2v) is 10.7. The van der Waals surface area contributed by atoms with Gasteiger partial charge < -0.3 is 4.74 Å². The fourth-order valence-corrected chi connectivity index (χ4v) is 5.53. The van der Waals surface area contributed by atoms with Crippen LogP contribution in [0, 0.1) is 5.92 Å². The molecule has 0 aromatic carbocycles. The molecule has 3 aromatic rings. The summed E-state index contributed by atoms with van der Waals surface area (Å²) in [5, 5.41) is 4.36. The zero-order valence-corrected chi connectivity index (χ0v) is 17.6. The fraction of sp³-hybridized carbons (Fsp3) is 0.250. The van der Waals surface area contributed by atoms with Gasteiger partial charge in [-0.2, -0.15) is 8.42 Å². The van der Waals surface area contributed by atoms with Crippen molar-refractivity contribution in [3.8, 4) is 5.88 Å². The average Bonchev–Trinajstić information content (AvgIpc) is 3.28. The lowest BCUT2D eigenvalue weighted by atomic mass is 10.1. The van der Waals surface area contributed by atoms with Crippen molar-refractivity contribution in [2.24, 2.45) is 5.92 Å². The molecule has 0 saturated heterocycles. The maximum absolute atomic E-state index is 12.9. The highest BCUT2D eigenvalue weighted by atomic mass is 35.5. The quantitative estimate of drug-likeness (QED) is 0.593. The number of halogens is 1. The highest BCUT2D eigenvalue weighted by molar-refractivity contribution is 7.92. The van der Waals surface area contributed by atoms with E-state index in [4.69, 9.17) is 16.3 Å². The highest BCUT2D eigenvalue weighted by Gasteiger charge is 2.24. The number of aromatic nitrogens is 2. The number of carbonyl (C=O) groups is 1. The van der Waals surface area contributed by atoms with Crippen molar-refractivity contribution in [3.63, 3.8) is 0 Å². The van der Waals surface area contributed by atoms with Gasteiger partial charge in [-0.25, -0.2) is 13.8 Å². The Balaban J connectivity index is 1.90. The van der Waals surface area contributed by atoms with Crippen LogP contribution in [-0.2, 0) is 16.4 Å². The SMILES string of the molecule is CC(C)Cc1cc(OC(=O)Nc2ncc(Cl)s2)n(S(=O)(=O)c2cccs2)c1. The van der Waals surface area contributed by atoms with Crippen LogP contribution in [0.4, 0.5) is 9.93 Å². The summed E-state index contributed by atoms with van der Waals surface area (Å²) in [5.41, 5.74) is 0.755. The number of carbonyl (C=O) groups excluding carboxylic acids is 1. The lowest BCUT2D eigenvalue weighted by Gasteiger charge is -2.09. The normalized spacial score (nSPS) is 11.7. The molecule has 0 aliphatic heterocycles. The van der Waals surface area contributed by atoms with Gasteiger partial charge in [0.1, 0.15) is 8.55 Å². The van der Waals surface area contributed by atoms with Crippen molar-refractivity contribution in [1.82, 2.24) is 8.96 Å². The van der Waals surface area contributed by atoms with Crippen molar-refractivity contribution >= 4 is 55.5 Å². The number of anilines is 1. The standard InChI is InChI=1S/C16H16ClN3O4S3/c1-10(2)6-11-7-13(24-16(21)19-15-18-8-12(17)26-15)20(9-11)27(22,23)14-4-3-5-25-14/h3-5,7-10H,6H2,1-2H3,(H,18,19,21). The second kappa shape index (κ2) is 8.01. The van der Waals surface area contributed by atoms with E-state index in [1.807, 2.05) is 13.8 Å². The minimum Gasteiger partial charge on any atom is -0.392 e. The largest absolute Gasteiger partial charge is 0.420 e. The van der Waals surface area contributed by atoms with Crippen LogP contribution in [0.2, 0.25) is 4.34 Å². The van der Waals surface area contributed by atoms with Gasteiger partial charge in [-0.05, 0) is 29.3 Å². The molecule has 3 aromatic heterocycles. The summed E-state index contributed by atoms with van der Waals surface area (Å²) in [7, 11) is -3.86. The molecule has 1 amide bonds. The molecule has 0 saturated carbocycles. The van der Waals surface area contributed by atoms with Crippen LogP contribution in [0.15, 0.2) is 40.2 Å². The summed E-state index contributed by atoms with van der Waals surface area (Å²) < 4.78 is 32.6. The van der Waals surface area contributed by atoms with Crippen LogP contribution in [0.1, 0.15) is 19.4 Å². The maximum Gasteiger partial charge on any atom is 0.420 e. The molecule has 0 aliphatic rings. The Hall–Kier alpha value is -1.88. The molecule has 3 heterocycles. The smallest absolute Gasteiger partial charge is 0.392 e. The molecule has 0 spiro atoms. The van der Waals surface area contributed by atoms with Gasteiger partial charge in [-0.1, -0.05) is 42.9 Å². The van der Waals surface area contributed by atoms with Crippen LogP contribution in [0.5, 0.6) is 5.88 Å². The first-order valence-electron chi connectivity index (χ1n) is 7.86. The van der Waals surface area contributed by atoms with Gasteiger partial charge in [0.2, 0.25) is 5.88 Å². The minimum absolute atomic E-state index is 0.0841. The van der Waals surface area contributed by atoms with Crippen molar-refractivity contribution in [2.45, 2.75) is 24.5 Å². The molecule has 11 heteroatoms. The van der Waals surface area contributed by atoms with Gasteiger partial charge in [0, 0.05) is 12.3 Å². The van der Waals surface area contributed by atoms with E-state index in [2.05, 4.69) is 10.3 Å². The number of hydrogen-bond acceptors (Lipinski definition) is 7. The van der Waals surface area contributed by atoms with Gasteiger partial charge in [-0.3, -0.25) is 5.32 Å². The molecule has 3 rings (SSSR count). The van der Waals surface area contributed by atoms with Crippen LogP contribution >= 0.6 is 34.3 Å². The Bertz CT molecular complexity index is 1040. The number of ether oxygens (including phenoxy) is 1. The molecule has 0 radical (unpaired) electrons. The van der Waals surface area contributed by atoms with Gasteiger partial charge in [0.15, 0.2) is 5.13 Å². The molecule has 0 unspecified atom stereocenters. The lowest BCUT2D eigenvalue weighted by molar-refractivity contribution is 0.213. The second-order valence-electron chi connectivity index (χ2n) is 6.00. The van der Waals surface area contributed by atoms with E-state index in [9.17, 15) is 13.2 Å². The number of nitrogens with zero attached hydrogens (tertiary/aromatic N) is 2. The molecule has 0 atom stereocenters. The molecule has 0 bridgehead atoms. The Labute approximate surface area is 169 Å². The van der Waals surface area contributed by atoms with E-state index in [-0.39, 0.29) is 15.2 Å². The molecule has 144 valence electrons.